The van der Waals surface area contributed by atoms with Gasteiger partial charge in [-0.2, -0.15) is 0 Å². The van der Waals surface area contributed by atoms with Crippen LogP contribution in [0.4, 0.5) is 4.79 Å². The highest BCUT2D eigenvalue weighted by molar-refractivity contribution is 5.85. The molecule has 0 aromatic heterocycles. The molecule has 0 fully saturated rings. The molecule has 4 amide bonds. The predicted molar refractivity (Wildman–Crippen MR) is 159 cm³/mol. The van der Waals surface area contributed by atoms with E-state index < -0.39 is 23.6 Å². The summed E-state index contributed by atoms with van der Waals surface area (Å²) in [7, 11) is 0. The van der Waals surface area contributed by atoms with Crippen molar-refractivity contribution in [2.24, 2.45) is 11.8 Å². The van der Waals surface area contributed by atoms with Crippen LogP contribution in [-0.4, -0.2) is 58.6 Å². The number of nitrogens with zero attached hydrogens (tertiary/aromatic N) is 1. The first-order chi connectivity index (χ1) is 18.8. The van der Waals surface area contributed by atoms with Crippen LogP contribution >= 0.6 is 0 Å². The monoisotopic (exact) mass is 552 g/mol. The molecule has 3 atom stereocenters. The Kier molecular flexibility index (Phi) is 13.1. The molecule has 8 heteroatoms. The second-order valence-electron chi connectivity index (χ2n) is 12.0. The van der Waals surface area contributed by atoms with Gasteiger partial charge in [0.2, 0.25) is 11.8 Å². The molecule has 2 aromatic rings. The van der Waals surface area contributed by atoms with E-state index in [1.807, 2.05) is 81.4 Å². The van der Waals surface area contributed by atoms with Crippen LogP contribution in [0.2, 0.25) is 0 Å². The standard InChI is InChI=1S/C32H48N4O4/c1-23(2)17-18-36(31(40)35-32(4,5)6)22-28(37)27(20-25-13-9-7-10-14-25)34-29(38)19-24(3)30(39)33-21-26-15-11-8-12-16-26/h7-16,23-24,27-28,37H,17-22H2,1-6H3,(H,33,39)(H,34,38)(H,35,40)/t24-,27-,28?/m0/s1. The number of aliphatic hydroxyl groups is 1. The molecule has 0 aliphatic carbocycles. The van der Waals surface area contributed by atoms with Gasteiger partial charge >= 0.3 is 6.03 Å². The summed E-state index contributed by atoms with van der Waals surface area (Å²) in [6.45, 7) is 12.6. The van der Waals surface area contributed by atoms with Crippen LogP contribution in [-0.2, 0) is 22.6 Å². The van der Waals surface area contributed by atoms with Crippen LogP contribution in [0, 0.1) is 11.8 Å². The third-order valence-electron chi connectivity index (χ3n) is 6.51. The van der Waals surface area contributed by atoms with E-state index in [9.17, 15) is 19.5 Å². The molecular weight excluding hydrogens is 504 g/mol. The van der Waals surface area contributed by atoms with Gasteiger partial charge in [0.15, 0.2) is 0 Å². The average molecular weight is 553 g/mol. The molecule has 40 heavy (non-hydrogen) atoms. The number of nitrogens with one attached hydrogen (secondary N) is 3. The summed E-state index contributed by atoms with van der Waals surface area (Å²) in [5.74, 6) is -0.692. The third-order valence-corrected chi connectivity index (χ3v) is 6.51. The normalized spacial score (nSPS) is 13.7. The number of hydrogen-bond donors (Lipinski definition) is 4. The van der Waals surface area contributed by atoms with Gasteiger partial charge in [0, 0.05) is 31.0 Å². The van der Waals surface area contributed by atoms with Crippen molar-refractivity contribution < 1.29 is 19.5 Å². The minimum atomic E-state index is -1.01. The van der Waals surface area contributed by atoms with Crippen LogP contribution in [0.3, 0.4) is 0 Å². The molecule has 8 nitrogen and oxygen atoms in total. The smallest absolute Gasteiger partial charge is 0.317 e. The molecule has 0 aliphatic heterocycles. The molecule has 0 saturated heterocycles. The number of carbonyl (C=O) groups excluding carboxylic acids is 3. The van der Waals surface area contributed by atoms with Crippen molar-refractivity contribution in [1.82, 2.24) is 20.9 Å². The molecule has 0 aliphatic rings. The lowest BCUT2D eigenvalue weighted by Crippen LogP contribution is -2.55. The van der Waals surface area contributed by atoms with E-state index >= 15 is 0 Å². The second-order valence-corrected chi connectivity index (χ2v) is 12.0. The lowest BCUT2D eigenvalue weighted by Gasteiger charge is -2.33. The first-order valence-electron chi connectivity index (χ1n) is 14.2. The van der Waals surface area contributed by atoms with E-state index in [4.69, 9.17) is 0 Å². The second kappa shape index (κ2) is 16.0. The van der Waals surface area contributed by atoms with Gasteiger partial charge in [-0.15, -0.1) is 0 Å². The van der Waals surface area contributed by atoms with E-state index in [0.29, 0.717) is 25.4 Å². The van der Waals surface area contributed by atoms with Crippen molar-refractivity contribution >= 4 is 17.8 Å². The van der Waals surface area contributed by atoms with Crippen molar-refractivity contribution in [2.45, 2.75) is 85.0 Å². The summed E-state index contributed by atoms with van der Waals surface area (Å²) in [5.41, 5.74) is 1.51. The number of benzene rings is 2. The minimum Gasteiger partial charge on any atom is -0.389 e. The van der Waals surface area contributed by atoms with Gasteiger partial charge < -0.3 is 26.0 Å². The Morgan fingerprint density at radius 1 is 0.900 bits per heavy atom. The zero-order valence-corrected chi connectivity index (χ0v) is 24.9. The number of hydrogen-bond acceptors (Lipinski definition) is 4. The van der Waals surface area contributed by atoms with E-state index in [-0.39, 0.29) is 30.8 Å². The number of urea groups is 1. The molecule has 4 N–H and O–H groups in total. The number of rotatable bonds is 14. The summed E-state index contributed by atoms with van der Waals surface area (Å²) in [6.07, 6.45) is 0.154. The van der Waals surface area contributed by atoms with Gasteiger partial charge in [-0.3, -0.25) is 9.59 Å². The molecule has 0 radical (unpaired) electrons. The van der Waals surface area contributed by atoms with Crippen molar-refractivity contribution in [3.8, 4) is 0 Å². The molecule has 0 bridgehead atoms. The predicted octanol–water partition coefficient (Wildman–Crippen LogP) is 4.27. The van der Waals surface area contributed by atoms with Crippen molar-refractivity contribution in [2.75, 3.05) is 13.1 Å². The zero-order valence-electron chi connectivity index (χ0n) is 24.9. The topological polar surface area (TPSA) is 111 Å². The van der Waals surface area contributed by atoms with Crippen LogP contribution in [0.5, 0.6) is 0 Å². The lowest BCUT2D eigenvalue weighted by molar-refractivity contribution is -0.130. The molecule has 2 aromatic carbocycles. The summed E-state index contributed by atoms with van der Waals surface area (Å²) in [4.78, 5) is 40.4. The lowest BCUT2D eigenvalue weighted by atomic mass is 9.99. The van der Waals surface area contributed by atoms with E-state index in [1.165, 1.54) is 0 Å². The van der Waals surface area contributed by atoms with E-state index in [0.717, 1.165) is 17.5 Å². The summed E-state index contributed by atoms with van der Waals surface area (Å²) >= 11 is 0. The Morgan fingerprint density at radius 2 is 1.48 bits per heavy atom. The van der Waals surface area contributed by atoms with Crippen molar-refractivity contribution in [1.29, 1.82) is 0 Å². The fourth-order valence-corrected chi connectivity index (χ4v) is 4.19. The highest BCUT2D eigenvalue weighted by Crippen LogP contribution is 2.13. The Labute approximate surface area is 239 Å². The molecule has 0 heterocycles. The third kappa shape index (κ3) is 12.6. The quantitative estimate of drug-likeness (QED) is 0.280. The zero-order chi connectivity index (χ0) is 29.7. The van der Waals surface area contributed by atoms with Crippen LogP contribution in [0.1, 0.15) is 65.5 Å². The number of amides is 4. The van der Waals surface area contributed by atoms with Crippen molar-refractivity contribution in [3.63, 3.8) is 0 Å². The number of carbonyl (C=O) groups is 3. The summed E-state index contributed by atoms with van der Waals surface area (Å²) in [6, 6.07) is 18.3. The largest absolute Gasteiger partial charge is 0.389 e. The van der Waals surface area contributed by atoms with Gasteiger partial charge in [0.05, 0.1) is 18.7 Å². The SMILES string of the molecule is CC(C)CCN(CC(O)[C@H](Cc1ccccc1)NC(=O)C[C@H](C)C(=O)NCc1ccccc1)C(=O)NC(C)(C)C. The van der Waals surface area contributed by atoms with Gasteiger partial charge in [-0.25, -0.2) is 4.79 Å². The number of aliphatic hydroxyl groups excluding tert-OH is 1. The summed E-state index contributed by atoms with van der Waals surface area (Å²) < 4.78 is 0. The van der Waals surface area contributed by atoms with Gasteiger partial charge in [0.1, 0.15) is 0 Å². The van der Waals surface area contributed by atoms with Crippen molar-refractivity contribution in [3.05, 3.63) is 71.8 Å². The molecule has 1 unspecified atom stereocenters. The fourth-order valence-electron chi connectivity index (χ4n) is 4.19. The Hall–Kier alpha value is -3.39. The molecular formula is C32H48N4O4. The molecule has 0 spiro atoms. The molecule has 2 rings (SSSR count). The minimum absolute atomic E-state index is 0.0137. The van der Waals surface area contributed by atoms with Crippen LogP contribution in [0.25, 0.3) is 0 Å². The molecule has 220 valence electrons. The maximum Gasteiger partial charge on any atom is 0.317 e. The Balaban J connectivity index is 2.09. The Bertz CT molecular complexity index is 1050. The highest BCUT2D eigenvalue weighted by atomic mass is 16.3. The maximum atomic E-state index is 13.1. The Morgan fingerprint density at radius 3 is 2.02 bits per heavy atom. The first-order valence-corrected chi connectivity index (χ1v) is 14.2. The highest BCUT2D eigenvalue weighted by Gasteiger charge is 2.28. The van der Waals surface area contributed by atoms with Crippen LogP contribution < -0.4 is 16.0 Å². The van der Waals surface area contributed by atoms with Crippen LogP contribution in [0.15, 0.2) is 60.7 Å². The van der Waals surface area contributed by atoms with E-state index in [2.05, 4.69) is 29.8 Å². The van der Waals surface area contributed by atoms with Gasteiger partial charge in [-0.1, -0.05) is 81.4 Å². The molecule has 0 saturated carbocycles. The average Bonchev–Trinajstić information content (AvgIpc) is 2.89. The summed E-state index contributed by atoms with van der Waals surface area (Å²) in [5, 5.41) is 20.2. The van der Waals surface area contributed by atoms with Gasteiger partial charge in [-0.05, 0) is 50.7 Å². The first kappa shape index (κ1) is 32.8. The van der Waals surface area contributed by atoms with Gasteiger partial charge in [0.25, 0.3) is 0 Å². The fraction of sp³-hybridized carbons (Fsp3) is 0.531. The van der Waals surface area contributed by atoms with E-state index in [1.54, 1.807) is 11.8 Å². The maximum absolute atomic E-state index is 13.1.